The Kier molecular flexibility index (Phi) is 3.66. The zero-order chi connectivity index (χ0) is 13.1. The van der Waals surface area contributed by atoms with Crippen LogP contribution in [0, 0.1) is 0 Å². The molecule has 6 heteroatoms. The van der Waals surface area contributed by atoms with Gasteiger partial charge < -0.3 is 20.3 Å². The number of carbonyl (C=O) groups is 1. The van der Waals surface area contributed by atoms with Gasteiger partial charge in [-0.05, 0) is 32.0 Å². The second-order valence-electron chi connectivity index (χ2n) is 4.46. The van der Waals surface area contributed by atoms with E-state index < -0.39 is 11.5 Å². The molecule has 1 aromatic heterocycles. The number of H-pyrrole nitrogens is 1. The van der Waals surface area contributed by atoms with Crippen LogP contribution in [0.3, 0.4) is 0 Å². The fourth-order valence-electron chi connectivity index (χ4n) is 2.36. The number of aromatic carboxylic acids is 1. The molecule has 1 aliphatic rings. The van der Waals surface area contributed by atoms with Crippen molar-refractivity contribution in [3.05, 3.63) is 28.2 Å². The first-order valence-electron chi connectivity index (χ1n) is 6.00. The fourth-order valence-corrected chi connectivity index (χ4v) is 2.36. The largest absolute Gasteiger partial charge is 0.477 e. The highest BCUT2D eigenvalue weighted by atomic mass is 16.4. The maximum absolute atomic E-state index is 11.6. The highest BCUT2D eigenvalue weighted by Crippen LogP contribution is 2.21. The van der Waals surface area contributed by atoms with E-state index in [9.17, 15) is 9.59 Å². The SMILES string of the molecule is CN(c1cc[nH]c(=O)c1C(=O)O)C1CCNCC1. The normalized spacial score (nSPS) is 16.5. The van der Waals surface area contributed by atoms with Gasteiger partial charge in [0, 0.05) is 19.3 Å². The highest BCUT2D eigenvalue weighted by molar-refractivity contribution is 5.93. The number of aromatic amines is 1. The monoisotopic (exact) mass is 251 g/mol. The van der Waals surface area contributed by atoms with Crippen LogP contribution < -0.4 is 15.8 Å². The number of carboxylic acid groups (broad SMARTS) is 1. The van der Waals surface area contributed by atoms with Crippen LogP contribution >= 0.6 is 0 Å². The molecule has 0 unspecified atom stereocenters. The lowest BCUT2D eigenvalue weighted by Gasteiger charge is -2.33. The Morgan fingerprint density at radius 1 is 1.44 bits per heavy atom. The summed E-state index contributed by atoms with van der Waals surface area (Å²) in [6.45, 7) is 1.83. The van der Waals surface area contributed by atoms with Crippen LogP contribution in [0.15, 0.2) is 17.1 Å². The number of piperidine rings is 1. The number of pyridine rings is 1. The number of nitrogens with zero attached hydrogens (tertiary/aromatic N) is 1. The van der Waals surface area contributed by atoms with Crippen molar-refractivity contribution in [2.45, 2.75) is 18.9 Å². The molecule has 2 heterocycles. The molecule has 1 aliphatic heterocycles. The molecule has 6 nitrogen and oxygen atoms in total. The van der Waals surface area contributed by atoms with Crippen LogP contribution in [0.5, 0.6) is 0 Å². The summed E-state index contributed by atoms with van der Waals surface area (Å²) < 4.78 is 0. The number of hydrogen-bond acceptors (Lipinski definition) is 4. The van der Waals surface area contributed by atoms with Crippen molar-refractivity contribution in [3.63, 3.8) is 0 Å². The van der Waals surface area contributed by atoms with Gasteiger partial charge >= 0.3 is 5.97 Å². The molecule has 0 amide bonds. The van der Waals surface area contributed by atoms with Gasteiger partial charge in [0.1, 0.15) is 5.56 Å². The van der Waals surface area contributed by atoms with Gasteiger partial charge in [-0.1, -0.05) is 0 Å². The molecule has 0 atom stereocenters. The summed E-state index contributed by atoms with van der Waals surface area (Å²) in [6.07, 6.45) is 3.38. The van der Waals surface area contributed by atoms with Gasteiger partial charge in [-0.15, -0.1) is 0 Å². The summed E-state index contributed by atoms with van der Waals surface area (Å²) in [7, 11) is 1.84. The summed E-state index contributed by atoms with van der Waals surface area (Å²) in [5.41, 5.74) is -0.252. The van der Waals surface area contributed by atoms with E-state index in [1.807, 2.05) is 11.9 Å². The Hall–Kier alpha value is -1.82. The molecule has 0 bridgehead atoms. The zero-order valence-electron chi connectivity index (χ0n) is 10.3. The van der Waals surface area contributed by atoms with Gasteiger partial charge in [0.05, 0.1) is 5.69 Å². The van der Waals surface area contributed by atoms with Gasteiger partial charge in [-0.25, -0.2) is 4.79 Å². The second kappa shape index (κ2) is 5.22. The molecule has 3 N–H and O–H groups in total. The molecule has 0 spiro atoms. The predicted octanol–water partition coefficient (Wildman–Crippen LogP) is 0.261. The molecule has 18 heavy (non-hydrogen) atoms. The number of nitrogens with one attached hydrogen (secondary N) is 2. The van der Waals surface area contributed by atoms with Gasteiger partial charge in [0.2, 0.25) is 0 Å². The Morgan fingerprint density at radius 2 is 2.11 bits per heavy atom. The van der Waals surface area contributed by atoms with Crippen LogP contribution in [0.4, 0.5) is 5.69 Å². The third-order valence-electron chi connectivity index (χ3n) is 3.39. The maximum Gasteiger partial charge on any atom is 0.343 e. The number of hydrogen-bond donors (Lipinski definition) is 3. The van der Waals surface area contributed by atoms with E-state index in [1.54, 1.807) is 6.07 Å². The first-order chi connectivity index (χ1) is 8.61. The van der Waals surface area contributed by atoms with E-state index in [4.69, 9.17) is 5.11 Å². The fraction of sp³-hybridized carbons (Fsp3) is 0.500. The number of rotatable bonds is 3. The van der Waals surface area contributed by atoms with Gasteiger partial charge in [0.25, 0.3) is 5.56 Å². The number of anilines is 1. The lowest BCUT2D eigenvalue weighted by Crippen LogP contribution is -2.42. The summed E-state index contributed by atoms with van der Waals surface area (Å²) in [4.78, 5) is 27.1. The van der Waals surface area contributed by atoms with Crippen LogP contribution in [-0.2, 0) is 0 Å². The molecule has 1 aromatic rings. The topological polar surface area (TPSA) is 85.4 Å². The molecule has 1 fully saturated rings. The first-order valence-corrected chi connectivity index (χ1v) is 6.00. The average Bonchev–Trinajstić information content (AvgIpc) is 2.38. The molecule has 0 saturated carbocycles. The van der Waals surface area contributed by atoms with Crippen molar-refractivity contribution >= 4 is 11.7 Å². The van der Waals surface area contributed by atoms with Crippen molar-refractivity contribution < 1.29 is 9.90 Å². The Labute approximate surface area is 105 Å². The average molecular weight is 251 g/mol. The van der Waals surface area contributed by atoms with E-state index in [-0.39, 0.29) is 11.6 Å². The van der Waals surface area contributed by atoms with Crippen LogP contribution in [-0.4, -0.2) is 42.2 Å². The summed E-state index contributed by atoms with van der Waals surface area (Å²) >= 11 is 0. The van der Waals surface area contributed by atoms with Crippen molar-refractivity contribution in [2.24, 2.45) is 0 Å². The standard InChI is InChI=1S/C12H17N3O3/c1-15(8-2-5-13-6-3-8)9-4-7-14-11(16)10(9)12(17)18/h4,7-8,13H,2-3,5-6H2,1H3,(H,14,16)(H,17,18). The third kappa shape index (κ3) is 2.38. The van der Waals surface area contributed by atoms with Gasteiger partial charge in [0.15, 0.2) is 0 Å². The molecule has 2 rings (SSSR count). The molecular weight excluding hydrogens is 234 g/mol. The molecule has 0 radical (unpaired) electrons. The zero-order valence-corrected chi connectivity index (χ0v) is 10.3. The summed E-state index contributed by atoms with van der Waals surface area (Å²) in [5, 5.41) is 12.4. The molecule has 0 aliphatic carbocycles. The number of carboxylic acids is 1. The van der Waals surface area contributed by atoms with Crippen molar-refractivity contribution in [1.82, 2.24) is 10.3 Å². The predicted molar refractivity (Wildman–Crippen MR) is 68.3 cm³/mol. The van der Waals surface area contributed by atoms with E-state index in [1.165, 1.54) is 6.20 Å². The third-order valence-corrected chi connectivity index (χ3v) is 3.39. The summed E-state index contributed by atoms with van der Waals surface area (Å²) in [5.74, 6) is -1.19. The maximum atomic E-state index is 11.6. The van der Waals surface area contributed by atoms with Crippen LogP contribution in [0.1, 0.15) is 23.2 Å². The van der Waals surface area contributed by atoms with Gasteiger partial charge in [-0.2, -0.15) is 0 Å². The second-order valence-corrected chi connectivity index (χ2v) is 4.46. The first kappa shape index (κ1) is 12.6. The molecule has 98 valence electrons. The minimum absolute atomic E-state index is 0.182. The minimum Gasteiger partial charge on any atom is -0.477 e. The van der Waals surface area contributed by atoms with E-state index in [0.29, 0.717) is 5.69 Å². The lowest BCUT2D eigenvalue weighted by atomic mass is 10.0. The van der Waals surface area contributed by atoms with Crippen LogP contribution in [0.2, 0.25) is 0 Å². The van der Waals surface area contributed by atoms with E-state index in [2.05, 4.69) is 10.3 Å². The Balaban J connectivity index is 2.34. The quantitative estimate of drug-likeness (QED) is 0.717. The molecular formula is C12H17N3O3. The van der Waals surface area contributed by atoms with Crippen molar-refractivity contribution in [1.29, 1.82) is 0 Å². The smallest absolute Gasteiger partial charge is 0.343 e. The van der Waals surface area contributed by atoms with E-state index >= 15 is 0 Å². The highest BCUT2D eigenvalue weighted by Gasteiger charge is 2.23. The number of aromatic nitrogens is 1. The minimum atomic E-state index is -1.19. The van der Waals surface area contributed by atoms with E-state index in [0.717, 1.165) is 25.9 Å². The Bertz CT molecular complexity index is 492. The van der Waals surface area contributed by atoms with Crippen LogP contribution in [0.25, 0.3) is 0 Å². The van der Waals surface area contributed by atoms with Crippen molar-refractivity contribution in [3.8, 4) is 0 Å². The summed E-state index contributed by atoms with van der Waals surface area (Å²) in [6, 6.07) is 1.92. The van der Waals surface area contributed by atoms with Gasteiger partial charge in [-0.3, -0.25) is 4.79 Å². The molecule has 0 aromatic carbocycles. The van der Waals surface area contributed by atoms with Crippen molar-refractivity contribution in [2.75, 3.05) is 25.0 Å². The molecule has 1 saturated heterocycles. The lowest BCUT2D eigenvalue weighted by molar-refractivity contribution is 0.0695. The Morgan fingerprint density at radius 3 is 2.72 bits per heavy atom.